The van der Waals surface area contributed by atoms with Crippen LogP contribution in [0, 0.1) is 0 Å². The molecule has 0 N–H and O–H groups in total. The van der Waals surface area contributed by atoms with Crippen molar-refractivity contribution in [1.82, 2.24) is 0 Å². The van der Waals surface area contributed by atoms with E-state index in [0.29, 0.717) is 5.75 Å². The van der Waals surface area contributed by atoms with Gasteiger partial charge in [-0.15, -0.1) is 11.8 Å². The van der Waals surface area contributed by atoms with Gasteiger partial charge >= 0.3 is 23.9 Å². The highest BCUT2D eigenvalue weighted by Crippen LogP contribution is 2.34. The summed E-state index contributed by atoms with van der Waals surface area (Å²) in [5.74, 6) is -1.90. The summed E-state index contributed by atoms with van der Waals surface area (Å²) in [5, 5.41) is 0. The van der Waals surface area contributed by atoms with E-state index in [-0.39, 0.29) is 6.61 Å². The zero-order valence-electron chi connectivity index (χ0n) is 17.2. The maximum atomic E-state index is 11.7. The number of carbonyl (C=O) groups is 4. The second-order valence-electron chi connectivity index (χ2n) is 6.28. The molecule has 0 radical (unpaired) electrons. The molecule has 0 aromatic rings. The summed E-state index contributed by atoms with van der Waals surface area (Å²) in [7, 11) is 0. The molecule has 0 saturated carbocycles. The predicted molar refractivity (Wildman–Crippen MR) is 104 cm³/mol. The molecule has 2 unspecified atom stereocenters. The molecule has 0 bridgehead atoms. The van der Waals surface area contributed by atoms with Gasteiger partial charge in [-0.3, -0.25) is 19.2 Å². The van der Waals surface area contributed by atoms with E-state index in [4.69, 9.17) is 23.7 Å². The summed E-state index contributed by atoms with van der Waals surface area (Å²) >= 11 is 1.32. The van der Waals surface area contributed by atoms with Gasteiger partial charge in [0.25, 0.3) is 0 Å². The van der Waals surface area contributed by atoms with E-state index in [0.717, 1.165) is 6.42 Å². The molecular weight excluding hydrogens is 404 g/mol. The number of allylic oxidation sites excluding steroid dienone is 1. The van der Waals surface area contributed by atoms with Crippen LogP contribution in [0.1, 0.15) is 41.0 Å². The molecule has 0 aromatic heterocycles. The van der Waals surface area contributed by atoms with E-state index in [9.17, 15) is 19.2 Å². The van der Waals surface area contributed by atoms with Gasteiger partial charge in [-0.1, -0.05) is 19.1 Å². The summed E-state index contributed by atoms with van der Waals surface area (Å²) in [6, 6.07) is 0. The highest BCUT2D eigenvalue weighted by Gasteiger charge is 2.52. The highest BCUT2D eigenvalue weighted by atomic mass is 32.2. The highest BCUT2D eigenvalue weighted by molar-refractivity contribution is 7.99. The molecule has 0 spiro atoms. The predicted octanol–water partition coefficient (Wildman–Crippen LogP) is 1.77. The quantitative estimate of drug-likeness (QED) is 0.303. The Kier molecular flexibility index (Phi) is 10.7. The summed E-state index contributed by atoms with van der Waals surface area (Å²) in [6.07, 6.45) is 0.586. The van der Waals surface area contributed by atoms with Crippen molar-refractivity contribution in [2.45, 2.75) is 70.9 Å². The Morgan fingerprint density at radius 1 is 0.828 bits per heavy atom. The number of carbonyl (C=O) groups excluding carboxylic acids is 4. The molecule has 0 aromatic carbocycles. The van der Waals surface area contributed by atoms with Crippen molar-refractivity contribution >= 4 is 35.6 Å². The topological polar surface area (TPSA) is 114 Å². The zero-order chi connectivity index (χ0) is 22.0. The van der Waals surface area contributed by atoms with Crippen LogP contribution in [0.2, 0.25) is 0 Å². The van der Waals surface area contributed by atoms with Crippen LogP contribution in [-0.4, -0.2) is 66.1 Å². The minimum absolute atomic E-state index is 0.223. The van der Waals surface area contributed by atoms with E-state index >= 15 is 0 Å². The summed E-state index contributed by atoms with van der Waals surface area (Å²) in [6.45, 7) is 6.60. The van der Waals surface area contributed by atoms with Crippen LogP contribution in [0.3, 0.4) is 0 Å². The largest absolute Gasteiger partial charge is 0.463 e. The Labute approximate surface area is 174 Å². The van der Waals surface area contributed by atoms with Gasteiger partial charge in [0.05, 0.1) is 0 Å². The minimum Gasteiger partial charge on any atom is -0.463 e. The van der Waals surface area contributed by atoms with Crippen molar-refractivity contribution in [3.05, 3.63) is 12.2 Å². The van der Waals surface area contributed by atoms with Gasteiger partial charge in [0.2, 0.25) is 0 Å². The first-order valence-electron chi connectivity index (χ1n) is 9.22. The van der Waals surface area contributed by atoms with Gasteiger partial charge in [-0.2, -0.15) is 0 Å². The number of hydrogen-bond donors (Lipinski definition) is 0. The monoisotopic (exact) mass is 432 g/mol. The first-order valence-corrected chi connectivity index (χ1v) is 10.3. The number of rotatable bonds is 9. The molecule has 1 aliphatic rings. The molecule has 1 heterocycles. The molecule has 10 heteroatoms. The van der Waals surface area contributed by atoms with Gasteiger partial charge in [0.1, 0.15) is 18.1 Å². The van der Waals surface area contributed by atoms with Crippen LogP contribution in [0.4, 0.5) is 0 Å². The van der Waals surface area contributed by atoms with Crippen LogP contribution < -0.4 is 0 Å². The minimum atomic E-state index is -1.12. The molecule has 164 valence electrons. The second-order valence-corrected chi connectivity index (χ2v) is 7.41. The van der Waals surface area contributed by atoms with Gasteiger partial charge in [0, 0.05) is 33.4 Å². The zero-order valence-corrected chi connectivity index (χ0v) is 18.1. The average molecular weight is 432 g/mol. The van der Waals surface area contributed by atoms with Gasteiger partial charge in [-0.05, 0) is 6.42 Å². The van der Waals surface area contributed by atoms with Crippen LogP contribution in [0.15, 0.2) is 12.2 Å². The maximum Gasteiger partial charge on any atom is 0.303 e. The van der Waals surface area contributed by atoms with Gasteiger partial charge in [0.15, 0.2) is 18.3 Å². The molecule has 9 nitrogen and oxygen atoms in total. The standard InChI is InChI=1S/C19H28O9S/c1-6-7-8-9-29-19-18(27-14(5)23)17(26-13(4)22)16(25-12(3)21)15(28-19)10-24-11(2)20/h7-8,15-19H,6,9-10H2,1-5H3/b8-7+/t15?,16-,17-,18?,19-/m0/s1. The number of hydrogen-bond acceptors (Lipinski definition) is 10. The summed E-state index contributed by atoms with van der Waals surface area (Å²) in [5.41, 5.74) is -0.739. The van der Waals surface area contributed by atoms with E-state index in [1.165, 1.54) is 39.5 Å². The molecule has 1 aliphatic heterocycles. The SMILES string of the molecule is CC/C=C/CS[C@@H]1OC(COC(C)=O)[C@H](OC(C)=O)[C@H](OC(C)=O)C1OC(C)=O. The number of ether oxygens (including phenoxy) is 5. The third-order valence-corrected chi connectivity index (χ3v) is 4.80. The fourth-order valence-corrected chi connectivity index (χ4v) is 3.77. The van der Waals surface area contributed by atoms with Crippen molar-refractivity contribution < 1.29 is 42.9 Å². The molecule has 1 saturated heterocycles. The molecule has 5 atom stereocenters. The Morgan fingerprint density at radius 3 is 1.90 bits per heavy atom. The van der Waals surface area contributed by atoms with Gasteiger partial charge in [-0.25, -0.2) is 0 Å². The lowest BCUT2D eigenvalue weighted by Gasteiger charge is -2.44. The molecule has 29 heavy (non-hydrogen) atoms. The van der Waals surface area contributed by atoms with Crippen molar-refractivity contribution in [3.8, 4) is 0 Å². The molecule has 1 fully saturated rings. The van der Waals surface area contributed by atoms with Crippen LogP contribution in [-0.2, 0) is 42.9 Å². The van der Waals surface area contributed by atoms with Gasteiger partial charge < -0.3 is 23.7 Å². The van der Waals surface area contributed by atoms with Crippen LogP contribution >= 0.6 is 11.8 Å². The second kappa shape index (κ2) is 12.5. The Hall–Kier alpha value is -2.07. The van der Waals surface area contributed by atoms with E-state index < -0.39 is 53.7 Å². The Bertz CT molecular complexity index is 619. The fourth-order valence-electron chi connectivity index (χ4n) is 2.71. The van der Waals surface area contributed by atoms with Crippen LogP contribution in [0.25, 0.3) is 0 Å². The van der Waals surface area contributed by atoms with E-state index in [1.54, 1.807) is 0 Å². The lowest BCUT2D eigenvalue weighted by Crippen LogP contribution is -2.61. The van der Waals surface area contributed by atoms with Crippen molar-refractivity contribution in [2.75, 3.05) is 12.4 Å². The van der Waals surface area contributed by atoms with E-state index in [1.807, 2.05) is 19.1 Å². The van der Waals surface area contributed by atoms with Crippen molar-refractivity contribution in [2.24, 2.45) is 0 Å². The van der Waals surface area contributed by atoms with E-state index in [2.05, 4.69) is 0 Å². The molecule has 0 aliphatic carbocycles. The summed E-state index contributed by atoms with van der Waals surface area (Å²) in [4.78, 5) is 46.3. The smallest absolute Gasteiger partial charge is 0.303 e. The first kappa shape index (κ1) is 25.0. The lowest BCUT2D eigenvalue weighted by molar-refractivity contribution is -0.237. The lowest BCUT2D eigenvalue weighted by atomic mass is 9.99. The first-order chi connectivity index (χ1) is 13.6. The molecule has 1 rings (SSSR count). The van der Waals surface area contributed by atoms with Crippen molar-refractivity contribution in [3.63, 3.8) is 0 Å². The third kappa shape index (κ3) is 8.86. The number of esters is 4. The normalized spacial score (nSPS) is 26.6. The average Bonchev–Trinajstić information content (AvgIpc) is 2.60. The molecular formula is C19H28O9S. The Morgan fingerprint density at radius 2 is 1.38 bits per heavy atom. The van der Waals surface area contributed by atoms with Crippen LogP contribution in [0.5, 0.6) is 0 Å². The third-order valence-electron chi connectivity index (χ3n) is 3.71. The maximum absolute atomic E-state index is 11.7. The Balaban J connectivity index is 3.22. The fraction of sp³-hybridized carbons (Fsp3) is 0.684. The summed E-state index contributed by atoms with van der Waals surface area (Å²) < 4.78 is 27.0. The number of thioether (sulfide) groups is 1. The van der Waals surface area contributed by atoms with Crippen molar-refractivity contribution in [1.29, 1.82) is 0 Å². The molecule has 0 amide bonds.